The zero-order chi connectivity index (χ0) is 25.7. The van der Waals surface area contributed by atoms with Crippen LogP contribution < -0.4 is 10.2 Å². The molecular formula is C26H22Cl2N4O4. The first-order valence-corrected chi connectivity index (χ1v) is 11.9. The Morgan fingerprint density at radius 3 is 2.31 bits per heavy atom. The number of nitrogens with zero attached hydrogens (tertiary/aromatic N) is 3. The number of nitro benzene ring substituents is 1. The summed E-state index contributed by atoms with van der Waals surface area (Å²) in [5.41, 5.74) is 1.95. The number of rotatable bonds is 6. The van der Waals surface area contributed by atoms with Crippen molar-refractivity contribution >= 4 is 58.2 Å². The molecule has 1 aliphatic heterocycles. The summed E-state index contributed by atoms with van der Waals surface area (Å²) >= 11 is 12.6. The van der Waals surface area contributed by atoms with E-state index in [1.165, 1.54) is 12.1 Å². The van der Waals surface area contributed by atoms with Crippen LogP contribution in [0.2, 0.25) is 10.0 Å². The highest BCUT2D eigenvalue weighted by Gasteiger charge is 2.22. The van der Waals surface area contributed by atoms with Crippen molar-refractivity contribution in [1.29, 1.82) is 0 Å². The zero-order valence-electron chi connectivity index (χ0n) is 19.1. The number of nitrogens with one attached hydrogen (secondary N) is 1. The van der Waals surface area contributed by atoms with Crippen molar-refractivity contribution < 1.29 is 14.5 Å². The number of nitro groups is 1. The van der Waals surface area contributed by atoms with Crippen LogP contribution in [0.1, 0.15) is 15.9 Å². The third-order valence-electron chi connectivity index (χ3n) is 5.76. The zero-order valence-corrected chi connectivity index (χ0v) is 20.6. The quantitative estimate of drug-likeness (QED) is 0.260. The minimum atomic E-state index is -0.592. The van der Waals surface area contributed by atoms with Crippen molar-refractivity contribution in [3.8, 4) is 0 Å². The Morgan fingerprint density at radius 2 is 1.64 bits per heavy atom. The van der Waals surface area contributed by atoms with E-state index in [4.69, 9.17) is 23.2 Å². The van der Waals surface area contributed by atoms with E-state index in [-0.39, 0.29) is 22.2 Å². The summed E-state index contributed by atoms with van der Waals surface area (Å²) in [4.78, 5) is 39.5. The van der Waals surface area contributed by atoms with Gasteiger partial charge in [-0.1, -0.05) is 53.5 Å². The number of hydrogen-bond donors (Lipinski definition) is 1. The van der Waals surface area contributed by atoms with Gasteiger partial charge in [0, 0.05) is 50.1 Å². The Balaban J connectivity index is 1.37. The van der Waals surface area contributed by atoms with Crippen molar-refractivity contribution in [3.63, 3.8) is 0 Å². The van der Waals surface area contributed by atoms with Crippen LogP contribution in [0.25, 0.3) is 6.08 Å². The number of hydrogen-bond acceptors (Lipinski definition) is 5. The second kappa shape index (κ2) is 11.2. The fourth-order valence-electron chi connectivity index (χ4n) is 3.85. The molecule has 184 valence electrons. The third kappa shape index (κ3) is 6.02. The molecule has 0 atom stereocenters. The lowest BCUT2D eigenvalue weighted by Gasteiger charge is -2.36. The molecular weight excluding hydrogens is 503 g/mol. The predicted octanol–water partition coefficient (Wildman–Crippen LogP) is 5.52. The molecule has 3 aromatic rings. The molecule has 0 radical (unpaired) electrons. The van der Waals surface area contributed by atoms with E-state index in [0.29, 0.717) is 36.9 Å². The van der Waals surface area contributed by atoms with Crippen LogP contribution in [-0.4, -0.2) is 47.8 Å². The molecule has 1 aliphatic rings. The van der Waals surface area contributed by atoms with Gasteiger partial charge in [-0.25, -0.2) is 0 Å². The summed E-state index contributed by atoms with van der Waals surface area (Å²) in [5, 5.41) is 14.2. The van der Waals surface area contributed by atoms with E-state index in [1.54, 1.807) is 35.3 Å². The van der Waals surface area contributed by atoms with E-state index < -0.39 is 10.8 Å². The van der Waals surface area contributed by atoms with Gasteiger partial charge in [0.05, 0.1) is 26.2 Å². The van der Waals surface area contributed by atoms with Gasteiger partial charge in [0.2, 0.25) is 5.91 Å². The summed E-state index contributed by atoms with van der Waals surface area (Å²) < 4.78 is 0. The number of halogens is 2. The first-order valence-electron chi connectivity index (χ1n) is 11.1. The Morgan fingerprint density at radius 1 is 0.917 bits per heavy atom. The average Bonchev–Trinajstić information content (AvgIpc) is 2.88. The van der Waals surface area contributed by atoms with Crippen LogP contribution in [0.5, 0.6) is 0 Å². The molecule has 0 aliphatic carbocycles. The summed E-state index contributed by atoms with van der Waals surface area (Å²) in [7, 11) is 0. The Hall–Kier alpha value is -3.88. The van der Waals surface area contributed by atoms with E-state index in [2.05, 4.69) is 10.2 Å². The third-order valence-corrected chi connectivity index (χ3v) is 6.39. The maximum atomic E-state index is 12.6. The van der Waals surface area contributed by atoms with Gasteiger partial charge in [-0.3, -0.25) is 19.7 Å². The highest BCUT2D eigenvalue weighted by atomic mass is 35.5. The van der Waals surface area contributed by atoms with Crippen molar-refractivity contribution in [2.75, 3.05) is 36.4 Å². The number of amides is 2. The summed E-state index contributed by atoms with van der Waals surface area (Å²) in [6.45, 7) is 2.33. The van der Waals surface area contributed by atoms with Gasteiger partial charge in [0.1, 0.15) is 0 Å². The van der Waals surface area contributed by atoms with Crippen molar-refractivity contribution in [3.05, 3.63) is 104 Å². The van der Waals surface area contributed by atoms with Gasteiger partial charge in [-0.2, -0.15) is 0 Å². The van der Waals surface area contributed by atoms with Gasteiger partial charge in [0.25, 0.3) is 11.6 Å². The molecule has 1 fully saturated rings. The van der Waals surface area contributed by atoms with E-state index in [0.717, 1.165) is 17.3 Å². The molecule has 4 rings (SSSR count). The molecule has 36 heavy (non-hydrogen) atoms. The van der Waals surface area contributed by atoms with Crippen LogP contribution in [0, 0.1) is 10.1 Å². The lowest BCUT2D eigenvalue weighted by Crippen LogP contribution is -2.48. The van der Waals surface area contributed by atoms with Crippen molar-refractivity contribution in [2.24, 2.45) is 0 Å². The van der Waals surface area contributed by atoms with Gasteiger partial charge in [-0.05, 0) is 35.9 Å². The summed E-state index contributed by atoms with van der Waals surface area (Å²) in [6, 6.07) is 18.4. The maximum absolute atomic E-state index is 12.6. The highest BCUT2D eigenvalue weighted by molar-refractivity contribution is 6.35. The molecule has 0 aromatic heterocycles. The largest absolute Gasteiger partial charge is 0.367 e. The van der Waals surface area contributed by atoms with Crippen LogP contribution in [0.4, 0.5) is 17.1 Å². The lowest BCUT2D eigenvalue weighted by atomic mass is 10.1. The number of carbonyl (C=O) groups excluding carboxylic acids is 2. The smallest absolute Gasteiger partial charge is 0.270 e. The van der Waals surface area contributed by atoms with E-state index in [1.807, 2.05) is 30.3 Å². The molecule has 1 N–H and O–H groups in total. The Kier molecular flexibility index (Phi) is 7.87. The predicted molar refractivity (Wildman–Crippen MR) is 142 cm³/mol. The van der Waals surface area contributed by atoms with Gasteiger partial charge < -0.3 is 15.1 Å². The number of piperazine rings is 1. The molecule has 0 saturated carbocycles. The molecule has 0 bridgehead atoms. The second-order valence-corrected chi connectivity index (χ2v) is 8.91. The fourth-order valence-corrected chi connectivity index (χ4v) is 4.35. The molecule has 1 heterocycles. The normalized spacial score (nSPS) is 13.6. The first kappa shape index (κ1) is 25.2. The standard InChI is InChI=1S/C26H22Cl2N4O4/c27-22-9-8-20(32(35)36)17-21(22)26(34)29-19-7-10-24(23(28)16-19)30-12-14-31(15-13-30)25(33)11-6-18-4-2-1-3-5-18/h1-11,16-17H,12-15H2,(H,29,34)/b11-6+. The summed E-state index contributed by atoms with van der Waals surface area (Å²) in [6.07, 6.45) is 3.39. The number of anilines is 2. The minimum absolute atomic E-state index is 0.00633. The van der Waals surface area contributed by atoms with E-state index in [9.17, 15) is 19.7 Å². The Labute approximate surface area is 217 Å². The molecule has 2 amide bonds. The first-order chi connectivity index (χ1) is 17.3. The fraction of sp³-hybridized carbons (Fsp3) is 0.154. The lowest BCUT2D eigenvalue weighted by molar-refractivity contribution is -0.384. The topological polar surface area (TPSA) is 95.8 Å². The number of non-ortho nitro benzene ring substituents is 1. The molecule has 1 saturated heterocycles. The van der Waals surface area contributed by atoms with Crippen LogP contribution in [-0.2, 0) is 4.79 Å². The van der Waals surface area contributed by atoms with E-state index >= 15 is 0 Å². The van der Waals surface area contributed by atoms with Crippen LogP contribution >= 0.6 is 23.2 Å². The Bertz CT molecular complexity index is 1320. The van der Waals surface area contributed by atoms with Crippen LogP contribution in [0.3, 0.4) is 0 Å². The van der Waals surface area contributed by atoms with Crippen LogP contribution in [0.15, 0.2) is 72.8 Å². The monoisotopic (exact) mass is 524 g/mol. The number of benzene rings is 3. The minimum Gasteiger partial charge on any atom is -0.367 e. The average molecular weight is 525 g/mol. The molecule has 0 spiro atoms. The second-order valence-electron chi connectivity index (χ2n) is 8.10. The maximum Gasteiger partial charge on any atom is 0.270 e. The van der Waals surface area contributed by atoms with Gasteiger partial charge in [0.15, 0.2) is 0 Å². The molecule has 10 heteroatoms. The molecule has 0 unspecified atom stereocenters. The van der Waals surface area contributed by atoms with Gasteiger partial charge >= 0.3 is 0 Å². The SMILES string of the molecule is O=C(Nc1ccc(N2CCN(C(=O)/C=C/c3ccccc3)CC2)c(Cl)c1)c1cc([N+](=O)[O-])ccc1Cl. The molecule has 3 aromatic carbocycles. The molecule has 8 nitrogen and oxygen atoms in total. The van der Waals surface area contributed by atoms with Gasteiger partial charge in [-0.15, -0.1) is 0 Å². The number of carbonyl (C=O) groups is 2. The highest BCUT2D eigenvalue weighted by Crippen LogP contribution is 2.30. The summed E-state index contributed by atoms with van der Waals surface area (Å²) in [5.74, 6) is -0.620. The van der Waals surface area contributed by atoms with Crippen molar-refractivity contribution in [1.82, 2.24) is 4.90 Å². The van der Waals surface area contributed by atoms with Crippen molar-refractivity contribution in [2.45, 2.75) is 0 Å².